The molecule has 0 radical (unpaired) electrons. The Balaban J connectivity index is 3.34. The van der Waals surface area contributed by atoms with Crippen LogP contribution in [0.1, 0.15) is 28.4 Å². The van der Waals surface area contributed by atoms with Crippen LogP contribution >= 0.6 is 15.9 Å². The monoisotopic (exact) mass is 294 g/mol. The van der Waals surface area contributed by atoms with Crippen molar-refractivity contribution in [1.82, 2.24) is 0 Å². The van der Waals surface area contributed by atoms with E-state index in [1.807, 2.05) is 0 Å². The van der Waals surface area contributed by atoms with Gasteiger partial charge in [-0.3, -0.25) is 4.79 Å². The van der Waals surface area contributed by atoms with Crippen molar-refractivity contribution in [2.75, 3.05) is 0 Å². The molecule has 1 nitrogen and oxygen atoms in total. The summed E-state index contributed by atoms with van der Waals surface area (Å²) in [4.78, 5) is 10.9. The van der Waals surface area contributed by atoms with Gasteiger partial charge in [0.2, 0.25) is 0 Å². The van der Waals surface area contributed by atoms with Crippen molar-refractivity contribution in [2.45, 2.75) is 24.9 Å². The first-order valence-corrected chi connectivity index (χ1v) is 5.51. The number of aryl methyl sites for hydroxylation is 1. The predicted molar refractivity (Wildman–Crippen MR) is 58.9 cm³/mol. The van der Waals surface area contributed by atoms with Crippen LogP contribution in [0.4, 0.5) is 13.2 Å². The standard InChI is InChI=1S/C11H10BrF3O/c1-6-3-4-8(10(16)7(2)12)9(5-6)11(13,14)15/h3-5,7H,1-2H3. The number of benzene rings is 1. The van der Waals surface area contributed by atoms with Crippen LogP contribution in [0.2, 0.25) is 0 Å². The lowest BCUT2D eigenvalue weighted by Crippen LogP contribution is -2.18. The summed E-state index contributed by atoms with van der Waals surface area (Å²) in [5, 5.41) is 0. The van der Waals surface area contributed by atoms with Crippen LogP contribution in [-0.4, -0.2) is 10.6 Å². The summed E-state index contributed by atoms with van der Waals surface area (Å²) in [7, 11) is 0. The molecule has 5 heteroatoms. The van der Waals surface area contributed by atoms with Crippen molar-refractivity contribution in [3.05, 3.63) is 34.9 Å². The largest absolute Gasteiger partial charge is 0.417 e. The van der Waals surface area contributed by atoms with Gasteiger partial charge in [-0.25, -0.2) is 0 Å². The number of carbonyl (C=O) groups excluding carboxylic acids is 1. The van der Waals surface area contributed by atoms with E-state index in [9.17, 15) is 18.0 Å². The van der Waals surface area contributed by atoms with E-state index in [4.69, 9.17) is 0 Å². The Hall–Kier alpha value is -0.840. The maximum absolute atomic E-state index is 12.7. The fraction of sp³-hybridized carbons (Fsp3) is 0.364. The van der Waals surface area contributed by atoms with E-state index in [2.05, 4.69) is 15.9 Å². The van der Waals surface area contributed by atoms with Crippen LogP contribution in [0.15, 0.2) is 18.2 Å². The van der Waals surface area contributed by atoms with E-state index in [1.54, 1.807) is 6.92 Å². The van der Waals surface area contributed by atoms with Crippen molar-refractivity contribution in [2.24, 2.45) is 0 Å². The number of ketones is 1. The Labute approximate surface area is 99.8 Å². The zero-order valence-corrected chi connectivity index (χ0v) is 10.3. The van der Waals surface area contributed by atoms with Crippen LogP contribution in [-0.2, 0) is 6.18 Å². The van der Waals surface area contributed by atoms with Crippen LogP contribution in [0.3, 0.4) is 0 Å². The van der Waals surface area contributed by atoms with Crippen molar-refractivity contribution >= 4 is 21.7 Å². The third-order valence-electron chi connectivity index (χ3n) is 2.11. The summed E-state index contributed by atoms with van der Waals surface area (Å²) in [6.45, 7) is 3.06. The van der Waals surface area contributed by atoms with Gasteiger partial charge in [0.25, 0.3) is 0 Å². The molecular weight excluding hydrogens is 285 g/mol. The zero-order chi connectivity index (χ0) is 12.5. The maximum Gasteiger partial charge on any atom is 0.417 e. The molecule has 1 aromatic rings. The highest BCUT2D eigenvalue weighted by molar-refractivity contribution is 9.10. The van der Waals surface area contributed by atoms with Gasteiger partial charge in [0, 0.05) is 5.56 Å². The van der Waals surface area contributed by atoms with E-state index in [1.165, 1.54) is 19.1 Å². The number of hydrogen-bond donors (Lipinski definition) is 0. The number of alkyl halides is 4. The molecule has 0 saturated carbocycles. The average molecular weight is 295 g/mol. The number of Topliss-reactive ketones (excluding diaryl/α,β-unsaturated/α-hetero) is 1. The SMILES string of the molecule is Cc1ccc(C(=O)C(C)Br)c(C(F)(F)F)c1. The number of carbonyl (C=O) groups is 1. The van der Waals surface area contributed by atoms with Gasteiger partial charge in [-0.1, -0.05) is 33.6 Å². The van der Waals surface area contributed by atoms with E-state index < -0.39 is 22.4 Å². The number of halogens is 4. The molecular formula is C11H10BrF3O. The molecule has 0 aliphatic rings. The lowest BCUT2D eigenvalue weighted by molar-refractivity contribution is -0.137. The minimum absolute atomic E-state index is 0.289. The molecule has 0 aliphatic carbocycles. The molecule has 0 bridgehead atoms. The third kappa shape index (κ3) is 2.84. The first-order valence-electron chi connectivity index (χ1n) is 4.59. The highest BCUT2D eigenvalue weighted by Crippen LogP contribution is 2.33. The molecule has 1 aromatic carbocycles. The van der Waals surface area contributed by atoms with Gasteiger partial charge in [-0.05, 0) is 19.9 Å². The molecule has 1 unspecified atom stereocenters. The summed E-state index contributed by atoms with van der Waals surface area (Å²) >= 11 is 2.98. The van der Waals surface area contributed by atoms with Gasteiger partial charge in [-0.2, -0.15) is 13.2 Å². The zero-order valence-electron chi connectivity index (χ0n) is 8.73. The second kappa shape index (κ2) is 4.57. The molecule has 0 aromatic heterocycles. The van der Waals surface area contributed by atoms with E-state index >= 15 is 0 Å². The number of hydrogen-bond acceptors (Lipinski definition) is 1. The molecule has 0 fully saturated rings. The molecule has 0 spiro atoms. The average Bonchev–Trinajstić information content (AvgIpc) is 2.15. The van der Waals surface area contributed by atoms with Gasteiger partial charge in [0.15, 0.2) is 5.78 Å². The van der Waals surface area contributed by atoms with Gasteiger partial charge >= 0.3 is 6.18 Å². The summed E-state index contributed by atoms with van der Waals surface area (Å²) in [5.74, 6) is -0.563. The fourth-order valence-corrected chi connectivity index (χ4v) is 1.57. The highest BCUT2D eigenvalue weighted by Gasteiger charge is 2.35. The summed E-state index contributed by atoms with van der Waals surface area (Å²) in [5.41, 5.74) is -0.683. The van der Waals surface area contributed by atoms with Gasteiger partial charge < -0.3 is 0 Å². The molecule has 0 heterocycles. The molecule has 0 saturated heterocycles. The molecule has 1 atom stereocenters. The summed E-state index contributed by atoms with van der Waals surface area (Å²) < 4.78 is 38.1. The Bertz CT molecular complexity index is 410. The molecule has 0 N–H and O–H groups in total. The maximum atomic E-state index is 12.7. The normalized spacial score (nSPS) is 13.6. The second-order valence-electron chi connectivity index (χ2n) is 3.53. The minimum atomic E-state index is -4.50. The summed E-state index contributed by atoms with van der Waals surface area (Å²) in [6.07, 6.45) is -4.50. The molecule has 1 rings (SSSR count). The van der Waals surface area contributed by atoms with Gasteiger partial charge in [0.1, 0.15) is 0 Å². The van der Waals surface area contributed by atoms with Gasteiger partial charge in [-0.15, -0.1) is 0 Å². The Morgan fingerprint density at radius 1 is 1.38 bits per heavy atom. The van der Waals surface area contributed by atoms with E-state index in [-0.39, 0.29) is 5.56 Å². The predicted octanol–water partition coefficient (Wildman–Crippen LogP) is 3.98. The van der Waals surface area contributed by atoms with Crippen LogP contribution in [0.25, 0.3) is 0 Å². The molecule has 0 amide bonds. The fourth-order valence-electron chi connectivity index (χ4n) is 1.32. The van der Waals surface area contributed by atoms with E-state index in [0.29, 0.717) is 5.56 Å². The quantitative estimate of drug-likeness (QED) is 0.596. The Morgan fingerprint density at radius 3 is 2.38 bits per heavy atom. The van der Waals surface area contributed by atoms with Crippen molar-refractivity contribution in [3.8, 4) is 0 Å². The molecule has 88 valence electrons. The van der Waals surface area contributed by atoms with Gasteiger partial charge in [0.05, 0.1) is 10.4 Å². The van der Waals surface area contributed by atoms with Crippen LogP contribution in [0.5, 0.6) is 0 Å². The van der Waals surface area contributed by atoms with Crippen molar-refractivity contribution < 1.29 is 18.0 Å². The van der Waals surface area contributed by atoms with Crippen LogP contribution < -0.4 is 0 Å². The summed E-state index contributed by atoms with van der Waals surface area (Å²) in [6, 6.07) is 3.71. The van der Waals surface area contributed by atoms with Crippen LogP contribution in [0, 0.1) is 6.92 Å². The molecule has 16 heavy (non-hydrogen) atoms. The Morgan fingerprint density at radius 2 is 1.94 bits per heavy atom. The van der Waals surface area contributed by atoms with E-state index in [0.717, 1.165) is 6.07 Å². The topological polar surface area (TPSA) is 17.1 Å². The second-order valence-corrected chi connectivity index (χ2v) is 4.90. The lowest BCUT2D eigenvalue weighted by atomic mass is 9.99. The van der Waals surface area contributed by atoms with Crippen molar-refractivity contribution in [1.29, 1.82) is 0 Å². The Kier molecular flexibility index (Phi) is 3.78. The lowest BCUT2D eigenvalue weighted by Gasteiger charge is -2.13. The third-order valence-corrected chi connectivity index (χ3v) is 2.52. The smallest absolute Gasteiger partial charge is 0.293 e. The number of rotatable bonds is 2. The minimum Gasteiger partial charge on any atom is -0.293 e. The van der Waals surface area contributed by atoms with Crippen molar-refractivity contribution in [3.63, 3.8) is 0 Å². The first-order chi connectivity index (χ1) is 7.23. The molecule has 0 aliphatic heterocycles. The first kappa shape index (κ1) is 13.2. The highest BCUT2D eigenvalue weighted by atomic mass is 79.9.